The van der Waals surface area contributed by atoms with E-state index in [1.54, 1.807) is 0 Å². The molecule has 5 nitrogen and oxygen atoms in total. The van der Waals surface area contributed by atoms with Gasteiger partial charge in [-0.1, -0.05) is 151 Å². The fourth-order valence-electron chi connectivity index (χ4n) is 8.62. The van der Waals surface area contributed by atoms with Crippen molar-refractivity contribution in [1.82, 2.24) is 15.0 Å². The Morgan fingerprint density at radius 3 is 1.25 bits per heavy atom. The van der Waals surface area contributed by atoms with Crippen molar-refractivity contribution >= 4 is 45.2 Å². The number of anilines is 6. The molecular weight excluding hydrogens is 731 g/mol. The van der Waals surface area contributed by atoms with Crippen LogP contribution in [0.15, 0.2) is 176 Å². The van der Waals surface area contributed by atoms with Crippen molar-refractivity contribution in [2.45, 2.75) is 41.5 Å². The number of nitrogens with zero attached hydrogens (tertiary/aromatic N) is 5. The predicted molar refractivity (Wildman–Crippen MR) is 251 cm³/mol. The number of benzene rings is 8. The lowest BCUT2D eigenvalue weighted by Crippen LogP contribution is -2.17. The zero-order valence-corrected chi connectivity index (χ0v) is 35.0. The molecule has 8 aromatic carbocycles. The van der Waals surface area contributed by atoms with Gasteiger partial charge in [-0.05, 0) is 122 Å². The van der Waals surface area contributed by atoms with Crippen LogP contribution in [0.2, 0.25) is 0 Å². The maximum Gasteiger partial charge on any atom is 0.238 e. The van der Waals surface area contributed by atoms with E-state index in [0.717, 1.165) is 44.7 Å². The molecule has 9 rings (SSSR count). The minimum atomic E-state index is 0.529. The first kappa shape index (κ1) is 38.2. The maximum absolute atomic E-state index is 5.27. The van der Waals surface area contributed by atoms with Gasteiger partial charge in [0.25, 0.3) is 0 Å². The number of fused-ring (bicyclic) bond motifs is 1. The van der Waals surface area contributed by atoms with Crippen molar-refractivity contribution in [3.8, 4) is 33.9 Å². The molecule has 0 aliphatic heterocycles. The molecule has 0 unspecified atom stereocenters. The highest BCUT2D eigenvalue weighted by Gasteiger charge is 2.24. The molecule has 0 amide bonds. The molecule has 1 heterocycles. The van der Waals surface area contributed by atoms with Crippen molar-refractivity contribution in [3.63, 3.8) is 0 Å². The molecule has 0 aliphatic carbocycles. The highest BCUT2D eigenvalue weighted by atomic mass is 15.3. The summed E-state index contributed by atoms with van der Waals surface area (Å²) in [7, 11) is 0. The van der Waals surface area contributed by atoms with Crippen LogP contribution >= 0.6 is 0 Å². The molecule has 0 aliphatic rings. The lowest BCUT2D eigenvalue weighted by atomic mass is 9.98. The molecule has 0 bridgehead atoms. The fourth-order valence-corrected chi connectivity index (χ4v) is 8.62. The van der Waals surface area contributed by atoms with Gasteiger partial charge in [0, 0.05) is 28.2 Å². The normalized spacial score (nSPS) is 11.2. The van der Waals surface area contributed by atoms with E-state index in [1.807, 2.05) is 24.3 Å². The van der Waals surface area contributed by atoms with E-state index < -0.39 is 0 Å². The van der Waals surface area contributed by atoms with Crippen molar-refractivity contribution in [3.05, 3.63) is 209 Å². The first-order valence-corrected chi connectivity index (χ1v) is 20.5. The summed E-state index contributed by atoms with van der Waals surface area (Å²) < 4.78 is 0. The standard InChI is InChI=1S/C55H47N5/c1-36-31-38(3)51(39(4)32-36)60(52-40(5)33-37(2)34-41(52)6)49-29-27-48(28-30-49)59(50-26-25-43-17-13-14-20-47(43)35-50)55-57-53(45-18-11-8-12-19-45)56-54(58-55)46-23-21-44(22-24-46)42-15-9-7-10-16-42/h7-35H,1-6H3. The molecule has 0 spiro atoms. The van der Waals surface area contributed by atoms with Gasteiger partial charge in [-0.15, -0.1) is 0 Å². The fraction of sp³-hybridized carbons (Fsp3) is 0.109. The van der Waals surface area contributed by atoms with E-state index in [0.29, 0.717) is 17.6 Å². The molecular formula is C55H47N5. The van der Waals surface area contributed by atoms with E-state index in [9.17, 15) is 0 Å². The summed E-state index contributed by atoms with van der Waals surface area (Å²) in [6.07, 6.45) is 0. The molecule has 0 fully saturated rings. The first-order valence-electron chi connectivity index (χ1n) is 20.5. The van der Waals surface area contributed by atoms with Crippen LogP contribution in [-0.4, -0.2) is 15.0 Å². The van der Waals surface area contributed by atoms with Crippen LogP contribution in [0.1, 0.15) is 33.4 Å². The number of hydrogen-bond acceptors (Lipinski definition) is 5. The third-order valence-electron chi connectivity index (χ3n) is 11.2. The van der Waals surface area contributed by atoms with E-state index in [1.165, 1.54) is 50.1 Å². The van der Waals surface area contributed by atoms with Gasteiger partial charge in [0.05, 0.1) is 11.4 Å². The number of rotatable bonds is 9. The van der Waals surface area contributed by atoms with Crippen molar-refractivity contribution in [1.29, 1.82) is 0 Å². The zero-order valence-electron chi connectivity index (χ0n) is 35.0. The molecule has 0 atom stereocenters. The molecule has 1 aromatic heterocycles. The molecule has 292 valence electrons. The summed E-state index contributed by atoms with van der Waals surface area (Å²) in [5.41, 5.74) is 16.9. The molecule has 0 saturated carbocycles. The van der Waals surface area contributed by atoms with Crippen molar-refractivity contribution in [2.75, 3.05) is 9.80 Å². The van der Waals surface area contributed by atoms with Gasteiger partial charge in [-0.3, -0.25) is 4.90 Å². The van der Waals surface area contributed by atoms with Crippen LogP contribution < -0.4 is 9.80 Å². The largest absolute Gasteiger partial charge is 0.309 e. The van der Waals surface area contributed by atoms with Gasteiger partial charge in [0.2, 0.25) is 5.95 Å². The Bertz CT molecular complexity index is 2870. The van der Waals surface area contributed by atoms with E-state index in [4.69, 9.17) is 15.0 Å². The average molecular weight is 778 g/mol. The average Bonchev–Trinajstić information content (AvgIpc) is 3.26. The quantitative estimate of drug-likeness (QED) is 0.146. The van der Waals surface area contributed by atoms with Crippen LogP contribution in [0.4, 0.5) is 34.4 Å². The lowest BCUT2D eigenvalue weighted by Gasteiger charge is -2.32. The molecule has 5 heteroatoms. The van der Waals surface area contributed by atoms with E-state index in [2.05, 4.69) is 203 Å². The third kappa shape index (κ3) is 7.54. The van der Waals surface area contributed by atoms with Gasteiger partial charge in [-0.2, -0.15) is 9.97 Å². The van der Waals surface area contributed by atoms with Gasteiger partial charge < -0.3 is 4.90 Å². The van der Waals surface area contributed by atoms with E-state index >= 15 is 0 Å². The van der Waals surface area contributed by atoms with Crippen molar-refractivity contribution < 1.29 is 0 Å². The second-order valence-electron chi connectivity index (χ2n) is 15.8. The Labute approximate surface area is 353 Å². The van der Waals surface area contributed by atoms with Gasteiger partial charge in [-0.25, -0.2) is 4.98 Å². The Kier molecular flexibility index (Phi) is 10.2. The third-order valence-corrected chi connectivity index (χ3v) is 11.2. The summed E-state index contributed by atoms with van der Waals surface area (Å²) in [6.45, 7) is 13.2. The number of aromatic nitrogens is 3. The Balaban J connectivity index is 1.23. The Hall–Kier alpha value is -7.37. The second kappa shape index (κ2) is 16.1. The first-order chi connectivity index (χ1) is 29.2. The maximum atomic E-state index is 5.27. The predicted octanol–water partition coefficient (Wildman–Crippen LogP) is 14.8. The summed E-state index contributed by atoms with van der Waals surface area (Å²) in [4.78, 5) is 20.2. The Morgan fingerprint density at radius 2 is 0.717 bits per heavy atom. The molecule has 0 N–H and O–H groups in total. The second-order valence-corrected chi connectivity index (χ2v) is 15.8. The summed E-state index contributed by atoms with van der Waals surface area (Å²) in [6, 6.07) is 62.0. The summed E-state index contributed by atoms with van der Waals surface area (Å²) in [5, 5.41) is 2.30. The lowest BCUT2D eigenvalue weighted by molar-refractivity contribution is 1.02. The van der Waals surface area contributed by atoms with Crippen LogP contribution in [0.3, 0.4) is 0 Å². The smallest absolute Gasteiger partial charge is 0.238 e. The molecule has 0 radical (unpaired) electrons. The number of aryl methyl sites for hydroxylation is 6. The summed E-state index contributed by atoms with van der Waals surface area (Å²) in [5.74, 6) is 1.73. The van der Waals surface area contributed by atoms with Gasteiger partial charge >= 0.3 is 0 Å². The minimum Gasteiger partial charge on any atom is -0.309 e. The molecule has 0 saturated heterocycles. The van der Waals surface area contributed by atoms with Crippen LogP contribution in [0.5, 0.6) is 0 Å². The monoisotopic (exact) mass is 777 g/mol. The minimum absolute atomic E-state index is 0.529. The summed E-state index contributed by atoms with van der Waals surface area (Å²) >= 11 is 0. The van der Waals surface area contributed by atoms with Gasteiger partial charge in [0.1, 0.15) is 0 Å². The number of hydrogen-bond donors (Lipinski definition) is 0. The molecule has 9 aromatic rings. The SMILES string of the molecule is Cc1cc(C)c(N(c2ccc(N(c3ccc4ccccc4c3)c3nc(-c4ccccc4)nc(-c4ccc(-c5ccccc5)cc4)n3)cc2)c2c(C)cc(C)cc2C)c(C)c1. The van der Waals surface area contributed by atoms with Crippen LogP contribution in [-0.2, 0) is 0 Å². The van der Waals surface area contributed by atoms with E-state index in [-0.39, 0.29) is 0 Å². The Morgan fingerprint density at radius 1 is 0.317 bits per heavy atom. The van der Waals surface area contributed by atoms with Crippen LogP contribution in [0, 0.1) is 41.5 Å². The topological polar surface area (TPSA) is 45.2 Å². The highest BCUT2D eigenvalue weighted by Crippen LogP contribution is 2.44. The highest BCUT2D eigenvalue weighted by molar-refractivity contribution is 5.90. The zero-order chi connectivity index (χ0) is 41.3. The van der Waals surface area contributed by atoms with Gasteiger partial charge in [0.15, 0.2) is 11.6 Å². The molecule has 60 heavy (non-hydrogen) atoms. The van der Waals surface area contributed by atoms with Crippen molar-refractivity contribution in [2.24, 2.45) is 0 Å². The van der Waals surface area contributed by atoms with Crippen LogP contribution in [0.25, 0.3) is 44.7 Å².